The van der Waals surface area contributed by atoms with Crippen LogP contribution in [0.2, 0.25) is 5.02 Å². The van der Waals surface area contributed by atoms with Gasteiger partial charge < -0.3 is 38.7 Å². The standard InChI is InChI=1S/C44H58ClF3N4O12S2/c1-24-11-9-12-30(59-7)28-22-31(61-42(58)49-28)25(2)40-43(4,63-40)34(23-37(55)51(6)29-20-27(19-24)21-32(60-8)39(29)45)62-41(57)26(3)50(5)33(44(46,47)48)16-18-66-65-17-10-13-38(56)64-52-35(53)14-15-36(52)54/h9,11-12,20-21,25-26,28,30-31,33-34,40H,10,13-19,22-23H2,1-8H3,(H,49,58)/b12-9+,24-11+/t25-,26+,28?,30-,31+,33?,34+,40?,43+/m1/s1. The summed E-state index contributed by atoms with van der Waals surface area (Å²) in [4.78, 5) is 83.7. The lowest BCUT2D eigenvalue weighted by atomic mass is 9.84. The molecule has 9 atom stereocenters. The van der Waals surface area contributed by atoms with E-state index in [1.807, 2.05) is 32.1 Å². The highest BCUT2D eigenvalue weighted by Crippen LogP contribution is 2.49. The molecule has 3 saturated heterocycles. The van der Waals surface area contributed by atoms with Gasteiger partial charge in [-0.1, -0.05) is 63.9 Å². The number of benzene rings is 1. The van der Waals surface area contributed by atoms with Crippen molar-refractivity contribution in [3.05, 3.63) is 46.5 Å². The number of anilines is 1. The zero-order valence-corrected chi connectivity index (χ0v) is 40.5. The molecule has 0 aromatic heterocycles. The number of likely N-dealkylation sites (N-methyl/N-ethyl adjacent to an activating group) is 1. The minimum Gasteiger partial charge on any atom is -0.495 e. The smallest absolute Gasteiger partial charge is 0.407 e. The zero-order valence-electron chi connectivity index (χ0n) is 38.1. The van der Waals surface area contributed by atoms with E-state index in [9.17, 15) is 41.9 Å². The Hall–Kier alpha value is -4.02. The number of fused-ring (bicyclic) bond motifs is 5. The van der Waals surface area contributed by atoms with Crippen LogP contribution in [0.1, 0.15) is 78.2 Å². The third-order valence-electron chi connectivity index (χ3n) is 12.3. The van der Waals surface area contributed by atoms with E-state index in [0.717, 1.165) is 26.8 Å². The Morgan fingerprint density at radius 1 is 1.09 bits per heavy atom. The second-order valence-electron chi connectivity index (χ2n) is 17.0. The van der Waals surface area contributed by atoms with E-state index in [0.29, 0.717) is 41.5 Å². The first-order chi connectivity index (χ1) is 31.1. The molecule has 4 heterocycles. The summed E-state index contributed by atoms with van der Waals surface area (Å²) in [7, 11) is 8.07. The maximum absolute atomic E-state index is 14.6. The van der Waals surface area contributed by atoms with Gasteiger partial charge in [-0.15, -0.1) is 5.06 Å². The summed E-state index contributed by atoms with van der Waals surface area (Å²) in [5.74, 6) is -3.29. The van der Waals surface area contributed by atoms with Crippen molar-refractivity contribution >= 4 is 74.6 Å². The van der Waals surface area contributed by atoms with Crippen molar-refractivity contribution in [2.75, 3.05) is 44.7 Å². The molecule has 0 radical (unpaired) electrons. The fourth-order valence-corrected chi connectivity index (χ4v) is 10.7. The molecule has 1 aromatic carbocycles. The number of imide groups is 1. The number of rotatable bonds is 15. The van der Waals surface area contributed by atoms with Crippen LogP contribution in [0.3, 0.4) is 0 Å². The highest BCUT2D eigenvalue weighted by Gasteiger charge is 2.64. The van der Waals surface area contributed by atoms with Crippen LogP contribution in [0.5, 0.6) is 5.75 Å². The second-order valence-corrected chi connectivity index (χ2v) is 20.1. The van der Waals surface area contributed by atoms with Crippen LogP contribution < -0.4 is 15.0 Å². The monoisotopic (exact) mass is 990 g/mol. The van der Waals surface area contributed by atoms with E-state index in [1.54, 1.807) is 19.1 Å². The third kappa shape index (κ3) is 13.1. The van der Waals surface area contributed by atoms with Crippen molar-refractivity contribution in [2.45, 2.75) is 133 Å². The maximum atomic E-state index is 14.6. The van der Waals surface area contributed by atoms with Crippen molar-refractivity contribution in [1.29, 1.82) is 0 Å². The summed E-state index contributed by atoms with van der Waals surface area (Å²) < 4.78 is 73.2. The highest BCUT2D eigenvalue weighted by molar-refractivity contribution is 8.76. The predicted molar refractivity (Wildman–Crippen MR) is 241 cm³/mol. The zero-order chi connectivity index (χ0) is 48.7. The summed E-state index contributed by atoms with van der Waals surface area (Å²) in [5.41, 5.74) is 0.693. The molecule has 0 spiro atoms. The third-order valence-corrected chi connectivity index (χ3v) is 15.2. The number of carbonyl (C=O) groups is 6. The van der Waals surface area contributed by atoms with Gasteiger partial charge in [0.25, 0.3) is 11.8 Å². The SMILES string of the molecule is COc1cc2cc(c1Cl)N(C)C(=O)C[C@H](OC(=O)[C@H](C)N(C)C(CCSSCCCC(=O)ON1C(=O)CCC1=O)C(F)(F)F)[C@]1(C)OC1[C@H](C)[C@@H]1CC(NC(=O)O1)[C@H](OC)/C=C/C=C(\C)C2. The van der Waals surface area contributed by atoms with E-state index in [-0.39, 0.29) is 30.0 Å². The molecular formula is C44H58ClF3N4O12S2. The van der Waals surface area contributed by atoms with E-state index >= 15 is 0 Å². The fourth-order valence-electron chi connectivity index (χ4n) is 8.18. The van der Waals surface area contributed by atoms with Gasteiger partial charge in [0.05, 0.1) is 37.5 Å². The van der Waals surface area contributed by atoms with Crippen molar-refractivity contribution < 1.29 is 70.5 Å². The number of allylic oxidation sites excluding steroid dienone is 3. The number of nitrogens with zero attached hydrogens (tertiary/aromatic N) is 3. The summed E-state index contributed by atoms with van der Waals surface area (Å²) in [5, 5.41) is 3.45. The Morgan fingerprint density at radius 3 is 2.42 bits per heavy atom. The molecule has 366 valence electrons. The normalized spacial score (nSPS) is 28.4. The number of nitrogens with one attached hydrogen (secondary N) is 1. The molecule has 5 rings (SSSR count). The number of hydroxylamine groups is 2. The quantitative estimate of drug-likeness (QED) is 0.0640. The fraction of sp³-hybridized carbons (Fsp3) is 0.636. The molecule has 4 bridgehead atoms. The first-order valence-corrected chi connectivity index (χ1v) is 24.4. The summed E-state index contributed by atoms with van der Waals surface area (Å²) in [6, 6.07) is -0.469. The number of carbonyl (C=O) groups excluding carboxylic acids is 6. The first kappa shape index (κ1) is 52.9. The molecule has 16 nitrogen and oxygen atoms in total. The van der Waals surface area contributed by atoms with Gasteiger partial charge in [0.1, 0.15) is 40.7 Å². The number of alkyl halides is 3. The number of hydrogen-bond acceptors (Lipinski definition) is 15. The van der Waals surface area contributed by atoms with Gasteiger partial charge in [-0.25, -0.2) is 9.59 Å². The molecule has 0 aliphatic carbocycles. The Kier molecular flexibility index (Phi) is 18.3. The van der Waals surface area contributed by atoms with E-state index in [4.69, 9.17) is 40.1 Å². The molecule has 4 aliphatic rings. The minimum atomic E-state index is -4.74. The second kappa shape index (κ2) is 22.9. The van der Waals surface area contributed by atoms with Crippen molar-refractivity contribution in [3.63, 3.8) is 0 Å². The molecule has 4 amide bonds. The minimum absolute atomic E-state index is 0.0315. The molecular weight excluding hydrogens is 933 g/mol. The topological polar surface area (TPSA) is 183 Å². The number of methoxy groups -OCH3 is 2. The van der Waals surface area contributed by atoms with Gasteiger partial charge in [0.2, 0.25) is 5.91 Å². The average molecular weight is 992 g/mol. The lowest BCUT2D eigenvalue weighted by molar-refractivity contribution is -0.197. The molecule has 1 aromatic rings. The Morgan fingerprint density at radius 2 is 1.77 bits per heavy atom. The largest absolute Gasteiger partial charge is 0.495 e. The molecule has 1 N–H and O–H groups in total. The molecule has 3 fully saturated rings. The molecule has 66 heavy (non-hydrogen) atoms. The Labute approximate surface area is 395 Å². The van der Waals surface area contributed by atoms with Gasteiger partial charge in [0, 0.05) is 57.3 Å². The van der Waals surface area contributed by atoms with Crippen LogP contribution in [0.15, 0.2) is 35.9 Å². The number of hydrogen-bond donors (Lipinski definition) is 1. The van der Waals surface area contributed by atoms with Gasteiger partial charge in [0.15, 0.2) is 0 Å². The maximum Gasteiger partial charge on any atom is 0.407 e. The van der Waals surface area contributed by atoms with Crippen molar-refractivity contribution in [1.82, 2.24) is 15.3 Å². The first-order valence-electron chi connectivity index (χ1n) is 21.5. The molecule has 4 aliphatic heterocycles. The van der Waals surface area contributed by atoms with Crippen LogP contribution >= 0.6 is 33.2 Å². The Bertz CT molecular complexity index is 2030. The van der Waals surface area contributed by atoms with Gasteiger partial charge in [-0.05, 0) is 64.8 Å². The van der Waals surface area contributed by atoms with E-state index in [2.05, 4.69) is 5.32 Å². The molecule has 0 saturated carbocycles. The van der Waals surface area contributed by atoms with Crippen LogP contribution in [-0.4, -0.2) is 140 Å². The van der Waals surface area contributed by atoms with Gasteiger partial charge in [-0.3, -0.25) is 24.1 Å². The van der Waals surface area contributed by atoms with Crippen molar-refractivity contribution in [3.8, 4) is 5.75 Å². The summed E-state index contributed by atoms with van der Waals surface area (Å²) in [6.45, 7) is 6.68. The number of alkyl carbamates (subject to hydrolysis) is 1. The predicted octanol–water partition coefficient (Wildman–Crippen LogP) is 6.76. The number of amides is 4. The lowest BCUT2D eigenvalue weighted by Crippen LogP contribution is -2.54. The molecule has 3 unspecified atom stereocenters. The number of halogens is 4. The summed E-state index contributed by atoms with van der Waals surface area (Å²) in [6.07, 6.45) is -3.01. The van der Waals surface area contributed by atoms with Crippen LogP contribution in [0, 0.1) is 5.92 Å². The average Bonchev–Trinajstić information content (AvgIpc) is 3.87. The highest BCUT2D eigenvalue weighted by atomic mass is 35.5. The number of esters is 1. The van der Waals surface area contributed by atoms with Crippen LogP contribution in [0.4, 0.5) is 23.7 Å². The number of ether oxygens (including phenoxy) is 5. The Balaban J connectivity index is 1.31. The van der Waals surface area contributed by atoms with Gasteiger partial charge in [-0.2, -0.15) is 13.2 Å². The lowest BCUT2D eigenvalue weighted by Gasteiger charge is -2.36. The number of epoxide rings is 1. The van der Waals surface area contributed by atoms with Crippen LogP contribution in [0.25, 0.3) is 0 Å². The summed E-state index contributed by atoms with van der Waals surface area (Å²) >= 11 is 6.77. The van der Waals surface area contributed by atoms with Crippen LogP contribution in [-0.2, 0) is 54.2 Å². The molecule has 22 heteroatoms. The van der Waals surface area contributed by atoms with E-state index < -0.39 is 109 Å². The van der Waals surface area contributed by atoms with Crippen molar-refractivity contribution in [2.24, 2.45) is 5.92 Å². The van der Waals surface area contributed by atoms with Gasteiger partial charge >= 0.3 is 24.2 Å². The van der Waals surface area contributed by atoms with E-state index in [1.165, 1.54) is 50.9 Å².